The molecule has 4 aromatic rings. The normalized spacial score (nSPS) is 11.0. The lowest BCUT2D eigenvalue weighted by Crippen LogP contribution is -2.31. The third kappa shape index (κ3) is 3.13. The maximum atomic E-state index is 13.2. The van der Waals surface area contributed by atoms with E-state index in [1.807, 2.05) is 49.4 Å². The van der Waals surface area contributed by atoms with Gasteiger partial charge in [0.05, 0.1) is 11.4 Å². The fraction of sp³-hybridized carbons (Fsp3) is 0.136. The molecule has 0 aliphatic carbocycles. The van der Waals surface area contributed by atoms with Crippen molar-refractivity contribution in [1.29, 1.82) is 0 Å². The number of anilines is 1. The Hall–Kier alpha value is -3.54. The summed E-state index contributed by atoms with van der Waals surface area (Å²) in [5.74, 6) is 0.0642. The minimum atomic E-state index is -0.328. The number of aromatic nitrogens is 3. The maximum Gasteiger partial charge on any atom is 0.297 e. The molecule has 1 amide bonds. The Morgan fingerprint density at radius 3 is 2.50 bits per heavy atom. The van der Waals surface area contributed by atoms with E-state index in [-0.39, 0.29) is 17.5 Å². The highest BCUT2D eigenvalue weighted by Crippen LogP contribution is 2.27. The van der Waals surface area contributed by atoms with Crippen LogP contribution in [0.5, 0.6) is 0 Å². The molecule has 3 aromatic carbocycles. The van der Waals surface area contributed by atoms with E-state index in [2.05, 4.69) is 10.1 Å². The van der Waals surface area contributed by atoms with Gasteiger partial charge in [-0.1, -0.05) is 36.4 Å². The maximum absolute atomic E-state index is 13.2. The van der Waals surface area contributed by atoms with E-state index in [9.17, 15) is 9.18 Å². The molecule has 0 unspecified atom stereocenters. The standard InChI is InChI=1S/C22H19FN4O/c1-3-26(20-10-6-8-16-7-4-5-9-19(16)20)22(28)21-24-15(2)27(25-21)18-13-11-17(23)12-14-18/h4-14H,3H2,1-2H3. The molecular formula is C22H19FN4O. The Morgan fingerprint density at radius 1 is 1.04 bits per heavy atom. The van der Waals surface area contributed by atoms with Crippen LogP contribution in [0.25, 0.3) is 16.5 Å². The number of hydrogen-bond acceptors (Lipinski definition) is 3. The number of amides is 1. The second-order valence-corrected chi connectivity index (χ2v) is 6.42. The van der Waals surface area contributed by atoms with Crippen LogP contribution in [0.15, 0.2) is 66.7 Å². The molecule has 0 bridgehead atoms. The van der Waals surface area contributed by atoms with Crippen molar-refractivity contribution in [2.45, 2.75) is 13.8 Å². The van der Waals surface area contributed by atoms with Gasteiger partial charge < -0.3 is 4.90 Å². The fourth-order valence-corrected chi connectivity index (χ4v) is 3.30. The van der Waals surface area contributed by atoms with Gasteiger partial charge in [0, 0.05) is 11.9 Å². The van der Waals surface area contributed by atoms with E-state index >= 15 is 0 Å². The van der Waals surface area contributed by atoms with Gasteiger partial charge in [0.2, 0.25) is 5.82 Å². The molecule has 0 N–H and O–H groups in total. The highest BCUT2D eigenvalue weighted by molar-refractivity contribution is 6.09. The van der Waals surface area contributed by atoms with Gasteiger partial charge in [0.15, 0.2) is 0 Å². The molecule has 1 heterocycles. The number of halogens is 1. The molecule has 1 aromatic heterocycles. The van der Waals surface area contributed by atoms with Crippen molar-refractivity contribution in [1.82, 2.24) is 14.8 Å². The van der Waals surface area contributed by atoms with Crippen molar-refractivity contribution in [2.75, 3.05) is 11.4 Å². The molecule has 0 saturated carbocycles. The van der Waals surface area contributed by atoms with Crippen LogP contribution in [0.2, 0.25) is 0 Å². The van der Waals surface area contributed by atoms with Gasteiger partial charge in [0.25, 0.3) is 5.91 Å². The smallest absolute Gasteiger partial charge is 0.297 e. The van der Waals surface area contributed by atoms with Gasteiger partial charge in [-0.05, 0) is 49.6 Å². The summed E-state index contributed by atoms with van der Waals surface area (Å²) in [5.41, 5.74) is 1.47. The first kappa shape index (κ1) is 17.9. The second kappa shape index (κ2) is 7.23. The first-order valence-electron chi connectivity index (χ1n) is 9.07. The van der Waals surface area contributed by atoms with Crippen LogP contribution in [0, 0.1) is 12.7 Å². The van der Waals surface area contributed by atoms with Gasteiger partial charge in [0.1, 0.15) is 11.6 Å². The number of benzene rings is 3. The lowest BCUT2D eigenvalue weighted by molar-refractivity contribution is 0.0978. The molecule has 0 fully saturated rings. The van der Waals surface area contributed by atoms with E-state index in [1.54, 1.807) is 28.6 Å². The second-order valence-electron chi connectivity index (χ2n) is 6.42. The largest absolute Gasteiger partial charge is 0.305 e. The van der Waals surface area contributed by atoms with Gasteiger partial charge in [-0.3, -0.25) is 4.79 Å². The van der Waals surface area contributed by atoms with Crippen LogP contribution in [0.4, 0.5) is 10.1 Å². The predicted molar refractivity (Wildman–Crippen MR) is 107 cm³/mol. The highest BCUT2D eigenvalue weighted by atomic mass is 19.1. The first-order chi connectivity index (χ1) is 13.6. The zero-order chi connectivity index (χ0) is 19.7. The van der Waals surface area contributed by atoms with Crippen molar-refractivity contribution in [2.24, 2.45) is 0 Å². The lowest BCUT2D eigenvalue weighted by atomic mass is 10.1. The minimum absolute atomic E-state index is 0.108. The Kier molecular flexibility index (Phi) is 4.61. The molecule has 5 nitrogen and oxygen atoms in total. The van der Waals surface area contributed by atoms with Crippen LogP contribution in [0.1, 0.15) is 23.4 Å². The molecule has 28 heavy (non-hydrogen) atoms. The number of fused-ring (bicyclic) bond motifs is 1. The quantitative estimate of drug-likeness (QED) is 0.527. The molecule has 0 aliphatic heterocycles. The number of nitrogens with zero attached hydrogens (tertiary/aromatic N) is 4. The topological polar surface area (TPSA) is 51.0 Å². The van der Waals surface area contributed by atoms with Crippen LogP contribution in [0.3, 0.4) is 0 Å². The molecule has 0 atom stereocenters. The Labute approximate surface area is 162 Å². The van der Waals surface area contributed by atoms with Crippen LogP contribution < -0.4 is 4.90 Å². The fourth-order valence-electron chi connectivity index (χ4n) is 3.30. The minimum Gasteiger partial charge on any atom is -0.305 e. The summed E-state index contributed by atoms with van der Waals surface area (Å²) in [5, 5.41) is 6.43. The van der Waals surface area contributed by atoms with Gasteiger partial charge in [-0.25, -0.2) is 14.1 Å². The summed E-state index contributed by atoms with van der Waals surface area (Å²) in [6.07, 6.45) is 0. The lowest BCUT2D eigenvalue weighted by Gasteiger charge is -2.21. The van der Waals surface area contributed by atoms with Gasteiger partial charge in [-0.15, -0.1) is 5.10 Å². The summed E-state index contributed by atoms with van der Waals surface area (Å²) in [6.45, 7) is 4.17. The van der Waals surface area contributed by atoms with Crippen LogP contribution >= 0.6 is 0 Å². The summed E-state index contributed by atoms with van der Waals surface area (Å²) >= 11 is 0. The predicted octanol–water partition coefficient (Wildman–Crippen LogP) is 4.53. The van der Waals surface area contributed by atoms with Crippen LogP contribution in [-0.4, -0.2) is 27.2 Å². The van der Waals surface area contributed by atoms with Crippen molar-refractivity contribution < 1.29 is 9.18 Å². The van der Waals surface area contributed by atoms with E-state index in [0.717, 1.165) is 16.5 Å². The van der Waals surface area contributed by atoms with Crippen molar-refractivity contribution >= 4 is 22.4 Å². The van der Waals surface area contributed by atoms with Crippen molar-refractivity contribution in [3.8, 4) is 5.69 Å². The Bertz CT molecular complexity index is 1150. The SMILES string of the molecule is CCN(C(=O)c1nc(C)n(-c2ccc(F)cc2)n1)c1cccc2ccccc12. The summed E-state index contributed by atoms with van der Waals surface area (Å²) < 4.78 is 14.7. The Balaban J connectivity index is 1.73. The van der Waals surface area contributed by atoms with E-state index < -0.39 is 0 Å². The molecule has 4 rings (SSSR count). The summed E-state index contributed by atoms with van der Waals surface area (Å²) in [7, 11) is 0. The number of aryl methyl sites for hydroxylation is 1. The average molecular weight is 374 g/mol. The van der Waals surface area contributed by atoms with Crippen LogP contribution in [-0.2, 0) is 0 Å². The number of rotatable bonds is 4. The molecule has 0 aliphatic rings. The summed E-state index contributed by atoms with van der Waals surface area (Å²) in [4.78, 5) is 19.2. The number of hydrogen-bond donors (Lipinski definition) is 0. The average Bonchev–Trinajstić information content (AvgIpc) is 3.11. The third-order valence-corrected chi connectivity index (χ3v) is 4.65. The van der Waals surface area contributed by atoms with Gasteiger partial charge in [-0.2, -0.15) is 0 Å². The molecule has 0 spiro atoms. The molecule has 6 heteroatoms. The Morgan fingerprint density at radius 2 is 1.75 bits per heavy atom. The van der Waals surface area contributed by atoms with Gasteiger partial charge >= 0.3 is 0 Å². The molecule has 0 saturated heterocycles. The third-order valence-electron chi connectivity index (χ3n) is 4.65. The van der Waals surface area contributed by atoms with Crippen molar-refractivity contribution in [3.63, 3.8) is 0 Å². The van der Waals surface area contributed by atoms with Crippen molar-refractivity contribution in [3.05, 3.63) is 84.2 Å². The number of carbonyl (C=O) groups is 1. The van der Waals surface area contributed by atoms with E-state index in [0.29, 0.717) is 18.1 Å². The monoisotopic (exact) mass is 374 g/mol. The summed E-state index contributed by atoms with van der Waals surface area (Å²) in [6, 6.07) is 19.7. The first-order valence-corrected chi connectivity index (χ1v) is 9.07. The number of carbonyl (C=O) groups excluding carboxylic acids is 1. The van der Waals surface area contributed by atoms with E-state index in [1.165, 1.54) is 12.1 Å². The zero-order valence-electron chi connectivity index (χ0n) is 15.6. The molecular weight excluding hydrogens is 355 g/mol. The zero-order valence-corrected chi connectivity index (χ0v) is 15.6. The molecule has 0 radical (unpaired) electrons. The molecule has 140 valence electrons. The van der Waals surface area contributed by atoms with E-state index in [4.69, 9.17) is 0 Å². The highest BCUT2D eigenvalue weighted by Gasteiger charge is 2.23.